The van der Waals surface area contributed by atoms with E-state index in [-0.39, 0.29) is 24.3 Å². The molecule has 3 rings (SSSR count). The molecular weight excluding hydrogens is 304 g/mol. The van der Waals surface area contributed by atoms with Crippen molar-refractivity contribution in [2.75, 3.05) is 32.8 Å². The zero-order chi connectivity index (χ0) is 16.9. The maximum absolute atomic E-state index is 12.4. The van der Waals surface area contributed by atoms with Crippen LogP contribution in [0.4, 0.5) is 0 Å². The van der Waals surface area contributed by atoms with Crippen LogP contribution in [0.15, 0.2) is 24.3 Å². The van der Waals surface area contributed by atoms with E-state index in [4.69, 9.17) is 4.74 Å². The van der Waals surface area contributed by atoms with E-state index in [9.17, 15) is 9.59 Å². The molecule has 1 aromatic carbocycles. The van der Waals surface area contributed by atoms with Crippen LogP contribution in [0.25, 0.3) is 0 Å². The summed E-state index contributed by atoms with van der Waals surface area (Å²) in [5, 5.41) is 0. The lowest BCUT2D eigenvalue weighted by atomic mass is 9.84. The van der Waals surface area contributed by atoms with Crippen molar-refractivity contribution < 1.29 is 14.3 Å². The number of nitrogens with zero attached hydrogens (tertiary/aromatic N) is 2. The summed E-state index contributed by atoms with van der Waals surface area (Å²) in [5.74, 6) is 1.22. The van der Waals surface area contributed by atoms with Gasteiger partial charge in [0, 0.05) is 32.1 Å². The summed E-state index contributed by atoms with van der Waals surface area (Å²) >= 11 is 0. The summed E-state index contributed by atoms with van der Waals surface area (Å²) in [5.41, 5.74) is 1.16. The van der Waals surface area contributed by atoms with Gasteiger partial charge in [0.05, 0.1) is 0 Å². The van der Waals surface area contributed by atoms with Gasteiger partial charge < -0.3 is 14.5 Å². The Morgan fingerprint density at radius 2 is 1.67 bits per heavy atom. The zero-order valence-corrected chi connectivity index (χ0v) is 14.4. The van der Waals surface area contributed by atoms with E-state index in [0.29, 0.717) is 25.4 Å². The SMILES string of the molecule is Cc1ccc(OCC(=O)N2CCCN(C(=O)C3CCC3)CC2)cc1. The average Bonchev–Trinajstić information content (AvgIpc) is 2.78. The maximum Gasteiger partial charge on any atom is 0.260 e. The molecule has 1 heterocycles. The highest BCUT2D eigenvalue weighted by atomic mass is 16.5. The molecule has 5 heteroatoms. The topological polar surface area (TPSA) is 49.9 Å². The van der Waals surface area contributed by atoms with Gasteiger partial charge in [0.25, 0.3) is 5.91 Å². The molecule has 1 saturated heterocycles. The van der Waals surface area contributed by atoms with Crippen molar-refractivity contribution in [3.63, 3.8) is 0 Å². The van der Waals surface area contributed by atoms with E-state index in [0.717, 1.165) is 31.4 Å². The molecule has 0 atom stereocenters. The number of benzene rings is 1. The van der Waals surface area contributed by atoms with Gasteiger partial charge >= 0.3 is 0 Å². The van der Waals surface area contributed by atoms with Crippen molar-refractivity contribution in [2.45, 2.75) is 32.6 Å². The molecule has 0 radical (unpaired) electrons. The Morgan fingerprint density at radius 3 is 2.33 bits per heavy atom. The molecule has 24 heavy (non-hydrogen) atoms. The van der Waals surface area contributed by atoms with Gasteiger partial charge in [-0.05, 0) is 38.3 Å². The van der Waals surface area contributed by atoms with Gasteiger partial charge in [0.2, 0.25) is 5.91 Å². The Kier molecular flexibility index (Phi) is 5.38. The number of hydrogen-bond acceptors (Lipinski definition) is 3. The van der Waals surface area contributed by atoms with Crippen LogP contribution in [-0.2, 0) is 9.59 Å². The van der Waals surface area contributed by atoms with Gasteiger partial charge in [-0.2, -0.15) is 0 Å². The first kappa shape index (κ1) is 16.8. The number of carbonyl (C=O) groups is 2. The molecule has 0 bridgehead atoms. The van der Waals surface area contributed by atoms with Gasteiger partial charge in [-0.1, -0.05) is 24.1 Å². The molecular formula is C19H26N2O3. The third-order valence-corrected chi connectivity index (χ3v) is 5.00. The number of amides is 2. The van der Waals surface area contributed by atoms with Gasteiger partial charge in [-0.15, -0.1) is 0 Å². The lowest BCUT2D eigenvalue weighted by Crippen LogP contribution is -2.42. The molecule has 2 fully saturated rings. The fourth-order valence-electron chi connectivity index (χ4n) is 3.17. The summed E-state index contributed by atoms with van der Waals surface area (Å²) < 4.78 is 5.58. The molecule has 5 nitrogen and oxygen atoms in total. The summed E-state index contributed by atoms with van der Waals surface area (Å²) in [6, 6.07) is 7.69. The van der Waals surface area contributed by atoms with Crippen molar-refractivity contribution in [3.8, 4) is 5.75 Å². The first-order valence-electron chi connectivity index (χ1n) is 8.89. The standard InChI is InChI=1S/C19H26N2O3/c1-15-6-8-17(9-7-15)24-14-18(22)20-10-3-11-21(13-12-20)19(23)16-4-2-5-16/h6-9,16H,2-5,10-14H2,1H3. The van der Waals surface area contributed by atoms with Crippen molar-refractivity contribution in [3.05, 3.63) is 29.8 Å². The van der Waals surface area contributed by atoms with Crippen LogP contribution in [0, 0.1) is 12.8 Å². The predicted octanol–water partition coefficient (Wildman–Crippen LogP) is 2.23. The molecule has 2 aliphatic rings. The number of aryl methyl sites for hydroxylation is 1. The van der Waals surface area contributed by atoms with Crippen LogP contribution in [0.2, 0.25) is 0 Å². The molecule has 0 aromatic heterocycles. The largest absolute Gasteiger partial charge is 0.484 e. The summed E-state index contributed by atoms with van der Waals surface area (Å²) in [4.78, 5) is 28.5. The lowest BCUT2D eigenvalue weighted by molar-refractivity contribution is -0.139. The third kappa shape index (κ3) is 4.08. The summed E-state index contributed by atoms with van der Waals surface area (Å²) in [6.07, 6.45) is 4.07. The fourth-order valence-corrected chi connectivity index (χ4v) is 3.17. The maximum atomic E-state index is 12.4. The summed E-state index contributed by atoms with van der Waals surface area (Å²) in [6.45, 7) is 4.78. The van der Waals surface area contributed by atoms with Crippen molar-refractivity contribution in [2.24, 2.45) is 5.92 Å². The van der Waals surface area contributed by atoms with Crippen molar-refractivity contribution in [1.82, 2.24) is 9.80 Å². The molecule has 0 spiro atoms. The smallest absolute Gasteiger partial charge is 0.260 e. The molecule has 1 aliphatic carbocycles. The fraction of sp³-hybridized carbons (Fsp3) is 0.579. The molecule has 0 N–H and O–H groups in total. The number of rotatable bonds is 4. The second kappa shape index (κ2) is 7.69. The van der Waals surface area contributed by atoms with Crippen molar-refractivity contribution >= 4 is 11.8 Å². The quantitative estimate of drug-likeness (QED) is 0.851. The Labute approximate surface area is 143 Å². The van der Waals surface area contributed by atoms with Crippen LogP contribution >= 0.6 is 0 Å². The number of ether oxygens (including phenoxy) is 1. The highest BCUT2D eigenvalue weighted by molar-refractivity contribution is 5.80. The van der Waals surface area contributed by atoms with Gasteiger partial charge in [-0.3, -0.25) is 9.59 Å². The molecule has 2 amide bonds. The van der Waals surface area contributed by atoms with E-state index in [1.165, 1.54) is 6.42 Å². The zero-order valence-electron chi connectivity index (χ0n) is 14.4. The number of hydrogen-bond donors (Lipinski definition) is 0. The Balaban J connectivity index is 1.47. The number of carbonyl (C=O) groups excluding carboxylic acids is 2. The molecule has 0 unspecified atom stereocenters. The Bertz CT molecular complexity index is 581. The monoisotopic (exact) mass is 330 g/mol. The first-order chi connectivity index (χ1) is 11.6. The van der Waals surface area contributed by atoms with E-state index >= 15 is 0 Å². The second-order valence-electron chi connectivity index (χ2n) is 6.79. The molecule has 130 valence electrons. The van der Waals surface area contributed by atoms with Crippen LogP contribution in [0.3, 0.4) is 0 Å². The van der Waals surface area contributed by atoms with Crippen LogP contribution in [0.5, 0.6) is 5.75 Å². The minimum Gasteiger partial charge on any atom is -0.484 e. The normalized spacial score (nSPS) is 18.7. The van der Waals surface area contributed by atoms with Gasteiger partial charge in [0.1, 0.15) is 5.75 Å². The van der Waals surface area contributed by atoms with Gasteiger partial charge in [0.15, 0.2) is 6.61 Å². The molecule has 1 aromatic rings. The van der Waals surface area contributed by atoms with Gasteiger partial charge in [-0.25, -0.2) is 0 Å². The minimum absolute atomic E-state index is 0.00600. The van der Waals surface area contributed by atoms with Crippen LogP contribution < -0.4 is 4.74 Å². The molecule has 1 saturated carbocycles. The highest BCUT2D eigenvalue weighted by Crippen LogP contribution is 2.28. The average molecular weight is 330 g/mol. The highest BCUT2D eigenvalue weighted by Gasteiger charge is 2.30. The third-order valence-electron chi connectivity index (χ3n) is 5.00. The minimum atomic E-state index is -0.00600. The Hall–Kier alpha value is -2.04. The second-order valence-corrected chi connectivity index (χ2v) is 6.79. The van der Waals surface area contributed by atoms with E-state index in [2.05, 4.69) is 0 Å². The van der Waals surface area contributed by atoms with Crippen LogP contribution in [-0.4, -0.2) is 54.4 Å². The van der Waals surface area contributed by atoms with Crippen molar-refractivity contribution in [1.29, 1.82) is 0 Å². The summed E-state index contributed by atoms with van der Waals surface area (Å²) in [7, 11) is 0. The predicted molar refractivity (Wildman–Crippen MR) is 91.8 cm³/mol. The lowest BCUT2D eigenvalue weighted by Gasteiger charge is -2.31. The first-order valence-corrected chi connectivity index (χ1v) is 8.89. The van der Waals surface area contributed by atoms with Crippen LogP contribution in [0.1, 0.15) is 31.2 Å². The molecule has 1 aliphatic heterocycles. The van der Waals surface area contributed by atoms with E-state index < -0.39 is 0 Å². The Morgan fingerprint density at radius 1 is 1.00 bits per heavy atom. The van der Waals surface area contributed by atoms with E-state index in [1.807, 2.05) is 41.0 Å². The van der Waals surface area contributed by atoms with E-state index in [1.54, 1.807) is 0 Å².